The molecule has 0 unspecified atom stereocenters. The maximum atomic E-state index is 11.9. The highest BCUT2D eigenvalue weighted by molar-refractivity contribution is 9.11. The van der Waals surface area contributed by atoms with Crippen molar-refractivity contribution in [2.24, 2.45) is 0 Å². The number of amides is 1. The number of anilines is 2. The van der Waals surface area contributed by atoms with Crippen LogP contribution in [-0.2, 0) is 29.2 Å². The van der Waals surface area contributed by atoms with Gasteiger partial charge in [0, 0.05) is 30.8 Å². The van der Waals surface area contributed by atoms with Gasteiger partial charge in [0.05, 0.1) is 46.8 Å². The molecule has 4 aromatic rings. The Morgan fingerprint density at radius 1 is 0.714 bits per heavy atom. The van der Waals surface area contributed by atoms with Crippen molar-refractivity contribution in [3.05, 3.63) is 112 Å². The molecule has 0 aliphatic rings. The second-order valence-corrected chi connectivity index (χ2v) is 13.2. The lowest BCUT2D eigenvalue weighted by Gasteiger charge is -2.14. The van der Waals surface area contributed by atoms with Crippen molar-refractivity contribution in [2.45, 2.75) is 19.6 Å². The Hall–Kier alpha value is -3.39. The molecule has 0 aliphatic carbocycles. The largest absolute Gasteiger partial charge is 0.486 e. The second-order valence-electron chi connectivity index (χ2n) is 9.94. The van der Waals surface area contributed by atoms with Gasteiger partial charge < -0.3 is 35.6 Å². The minimum Gasteiger partial charge on any atom is -0.486 e. The first-order chi connectivity index (χ1) is 23.2. The molecule has 0 atom stereocenters. The van der Waals surface area contributed by atoms with Crippen molar-refractivity contribution in [1.82, 2.24) is 5.32 Å². The van der Waals surface area contributed by atoms with Crippen LogP contribution in [0.2, 0.25) is 20.1 Å². The Morgan fingerprint density at radius 3 is 1.61 bits per heavy atom. The summed E-state index contributed by atoms with van der Waals surface area (Å²) in [6.07, 6.45) is -0.0481. The third kappa shape index (κ3) is 11.6. The summed E-state index contributed by atoms with van der Waals surface area (Å²) in [5.41, 5.74) is 3.99. The van der Waals surface area contributed by atoms with Crippen LogP contribution in [0.5, 0.6) is 11.5 Å². The molecule has 4 aromatic carbocycles. The lowest BCUT2D eigenvalue weighted by molar-refractivity contribution is -0.137. The van der Waals surface area contributed by atoms with E-state index in [2.05, 4.69) is 47.8 Å². The smallest absolute Gasteiger partial charge is 0.322 e. The topological polar surface area (TPSA) is 146 Å². The summed E-state index contributed by atoms with van der Waals surface area (Å²) in [6, 6.07) is 17.3. The predicted molar refractivity (Wildman–Crippen MR) is 200 cm³/mol. The lowest BCUT2D eigenvalue weighted by atomic mass is 10.1. The van der Waals surface area contributed by atoms with Crippen LogP contribution in [0, 0.1) is 0 Å². The molecule has 1 amide bonds. The normalized spacial score (nSPS) is 10.4. The van der Waals surface area contributed by atoms with Gasteiger partial charge in [-0.25, -0.2) is 0 Å². The minimum atomic E-state index is -1.16. The fraction of sp³-hybridized carbons (Fsp3) is 0.182. The summed E-state index contributed by atoms with van der Waals surface area (Å²) >= 11 is 31.7. The van der Waals surface area contributed by atoms with Gasteiger partial charge >= 0.3 is 11.9 Å². The number of carbonyl (C=O) groups is 3. The standard InChI is InChI=1S/C17H15Cl3N2O4.C16H14Br2ClNO3/c1-21-13-4-2-3-9(15(13)20)8-26-16-11(18)5-10(6-12(16)19)17(25)22-7-14(23)24;1-20-13-4-2-3-10(15(13)19)8-23-16-11(17)5-9(6-12(16)18)7-14(21)22/h2-6,21H,7-8H2,1H3,(H,22,25)(H,23,24);2-6,20H,7-8H2,1H3,(H,21,22). The number of hydrogen-bond acceptors (Lipinski definition) is 7. The third-order valence-corrected chi connectivity index (χ3v) is 9.15. The zero-order valence-electron chi connectivity index (χ0n) is 25.8. The maximum Gasteiger partial charge on any atom is 0.322 e. The molecular weight excluding hydrogens is 852 g/mol. The quantitative estimate of drug-likeness (QED) is 0.0888. The summed E-state index contributed by atoms with van der Waals surface area (Å²) in [5.74, 6) is -1.84. The highest BCUT2D eigenvalue weighted by Crippen LogP contribution is 2.37. The van der Waals surface area contributed by atoms with Crippen molar-refractivity contribution >= 4 is 107 Å². The Morgan fingerprint density at radius 2 is 1.18 bits per heavy atom. The predicted octanol–water partition coefficient (Wildman–Crippen LogP) is 9.19. The van der Waals surface area contributed by atoms with Gasteiger partial charge in [-0.05, 0) is 73.8 Å². The van der Waals surface area contributed by atoms with Crippen molar-refractivity contribution in [1.29, 1.82) is 0 Å². The number of rotatable bonds is 13. The maximum absolute atomic E-state index is 11.9. The number of carboxylic acids is 2. The van der Waals surface area contributed by atoms with Crippen LogP contribution in [0.1, 0.15) is 27.0 Å². The average Bonchev–Trinajstić information content (AvgIpc) is 3.04. The van der Waals surface area contributed by atoms with E-state index in [0.29, 0.717) is 36.9 Å². The molecular formula is C33H29Br2Cl4N3O7. The van der Waals surface area contributed by atoms with Gasteiger partial charge in [0.25, 0.3) is 5.91 Å². The van der Waals surface area contributed by atoms with E-state index < -0.39 is 24.4 Å². The van der Waals surface area contributed by atoms with Crippen LogP contribution < -0.4 is 25.4 Å². The number of carbonyl (C=O) groups excluding carboxylic acids is 1. The number of aliphatic carboxylic acids is 2. The molecule has 0 saturated heterocycles. The second kappa shape index (κ2) is 19.1. The number of carboxylic acid groups (broad SMARTS) is 2. The number of nitrogens with one attached hydrogen (secondary N) is 3. The molecule has 49 heavy (non-hydrogen) atoms. The van der Waals surface area contributed by atoms with E-state index >= 15 is 0 Å². The third-order valence-electron chi connectivity index (χ3n) is 6.51. The van der Waals surface area contributed by atoms with Crippen molar-refractivity contribution in [3.63, 3.8) is 0 Å². The van der Waals surface area contributed by atoms with Gasteiger partial charge in [0.15, 0.2) is 5.75 Å². The van der Waals surface area contributed by atoms with Gasteiger partial charge in [-0.1, -0.05) is 70.7 Å². The molecule has 260 valence electrons. The summed E-state index contributed by atoms with van der Waals surface area (Å²) in [5, 5.41) is 27.1. The Balaban J connectivity index is 0.000000267. The van der Waals surface area contributed by atoms with E-state index in [1.165, 1.54) is 12.1 Å². The van der Waals surface area contributed by atoms with Gasteiger partial charge in [-0.3, -0.25) is 14.4 Å². The van der Waals surface area contributed by atoms with E-state index in [0.717, 1.165) is 22.5 Å². The fourth-order valence-electron chi connectivity index (χ4n) is 4.18. The van der Waals surface area contributed by atoms with E-state index in [-0.39, 0.29) is 34.4 Å². The van der Waals surface area contributed by atoms with E-state index in [1.54, 1.807) is 32.3 Å². The first-order valence-electron chi connectivity index (χ1n) is 14.1. The van der Waals surface area contributed by atoms with Crippen molar-refractivity contribution in [3.8, 4) is 11.5 Å². The van der Waals surface area contributed by atoms with Gasteiger partial charge in [-0.2, -0.15) is 0 Å². The van der Waals surface area contributed by atoms with E-state index in [9.17, 15) is 14.4 Å². The molecule has 0 aromatic heterocycles. The monoisotopic (exact) mass is 877 g/mol. The molecule has 0 spiro atoms. The summed E-state index contributed by atoms with van der Waals surface area (Å²) in [7, 11) is 3.56. The molecule has 0 aliphatic heterocycles. The number of benzene rings is 4. The van der Waals surface area contributed by atoms with Crippen LogP contribution in [0.4, 0.5) is 11.4 Å². The summed E-state index contributed by atoms with van der Waals surface area (Å²) < 4.78 is 12.9. The van der Waals surface area contributed by atoms with Crippen molar-refractivity contribution in [2.75, 3.05) is 31.3 Å². The fourth-order valence-corrected chi connectivity index (χ4v) is 6.84. The summed E-state index contributed by atoms with van der Waals surface area (Å²) in [4.78, 5) is 33.2. The number of hydrogen-bond donors (Lipinski definition) is 5. The molecule has 0 radical (unpaired) electrons. The van der Waals surface area contributed by atoms with E-state index in [4.69, 9.17) is 66.1 Å². The molecule has 0 saturated carbocycles. The van der Waals surface area contributed by atoms with Crippen LogP contribution in [0.3, 0.4) is 0 Å². The lowest BCUT2D eigenvalue weighted by Crippen LogP contribution is -2.29. The molecule has 4 rings (SSSR count). The molecule has 0 heterocycles. The van der Waals surface area contributed by atoms with Crippen LogP contribution >= 0.6 is 78.3 Å². The zero-order valence-corrected chi connectivity index (χ0v) is 32.0. The SMILES string of the molecule is CNc1cccc(COc2c(Br)cc(CC(=O)O)cc2Br)c1Cl.CNc1cccc(COc2c(Cl)cc(C(=O)NCC(=O)O)cc2Cl)c1Cl. The minimum absolute atomic E-state index is 0.0481. The zero-order chi connectivity index (χ0) is 36.2. The molecule has 0 bridgehead atoms. The molecule has 10 nitrogen and oxygen atoms in total. The average molecular weight is 881 g/mol. The summed E-state index contributed by atoms with van der Waals surface area (Å²) in [6.45, 7) is -0.0885. The molecule has 5 N–H and O–H groups in total. The highest BCUT2D eigenvalue weighted by Gasteiger charge is 2.16. The first-order valence-corrected chi connectivity index (χ1v) is 17.2. The Bertz CT molecular complexity index is 1800. The van der Waals surface area contributed by atoms with Crippen LogP contribution in [0.15, 0.2) is 69.6 Å². The number of ether oxygens (including phenoxy) is 2. The van der Waals surface area contributed by atoms with Gasteiger partial charge in [0.1, 0.15) is 25.5 Å². The van der Waals surface area contributed by atoms with Crippen molar-refractivity contribution < 1.29 is 34.1 Å². The Labute approximate surface area is 319 Å². The van der Waals surface area contributed by atoms with E-state index in [1.807, 2.05) is 30.3 Å². The van der Waals surface area contributed by atoms with Gasteiger partial charge in [0.2, 0.25) is 0 Å². The van der Waals surface area contributed by atoms with Gasteiger partial charge in [-0.15, -0.1) is 0 Å². The van der Waals surface area contributed by atoms with Crippen LogP contribution in [-0.4, -0.2) is 48.7 Å². The number of halogens is 6. The Kier molecular flexibility index (Phi) is 15.6. The first kappa shape index (κ1) is 40.0. The van der Waals surface area contributed by atoms with Crippen LogP contribution in [0.25, 0.3) is 0 Å². The molecule has 16 heteroatoms. The molecule has 0 fully saturated rings. The highest BCUT2D eigenvalue weighted by atomic mass is 79.9.